The van der Waals surface area contributed by atoms with Crippen LogP contribution < -0.4 is 0 Å². The lowest BCUT2D eigenvalue weighted by atomic mass is 10.1. The first-order valence-electron chi connectivity index (χ1n) is 20.1. The summed E-state index contributed by atoms with van der Waals surface area (Å²) in [7, 11) is 4.06. The monoisotopic (exact) mass is 689 g/mol. The Morgan fingerprint density at radius 2 is 1.08 bits per heavy atom. The van der Waals surface area contributed by atoms with Crippen molar-refractivity contribution in [2.75, 3.05) is 40.3 Å². The van der Waals surface area contributed by atoms with Crippen molar-refractivity contribution in [3.63, 3.8) is 0 Å². The molecule has 0 atom stereocenters. The molecule has 1 amide bonds. The topological polar surface area (TPSA) is 76.1 Å². The zero-order valence-corrected chi connectivity index (χ0v) is 32.6. The fraction of sp³-hybridized carbons (Fsp3) is 0.786. The summed E-state index contributed by atoms with van der Waals surface area (Å²) in [5.74, 6) is -0.0515. The van der Waals surface area contributed by atoms with E-state index in [1.807, 2.05) is 25.1 Å². The molecule has 7 nitrogen and oxygen atoms in total. The van der Waals surface area contributed by atoms with Gasteiger partial charge in [0.25, 0.3) is 0 Å². The number of carbonyl (C=O) groups excluding carboxylic acids is 3. The van der Waals surface area contributed by atoms with Crippen LogP contribution in [0, 0.1) is 0 Å². The number of hydrogen-bond acceptors (Lipinski definition) is 6. The van der Waals surface area contributed by atoms with Gasteiger partial charge < -0.3 is 19.3 Å². The van der Waals surface area contributed by atoms with Crippen LogP contribution in [0.5, 0.6) is 0 Å². The van der Waals surface area contributed by atoms with Crippen LogP contribution >= 0.6 is 0 Å². The first kappa shape index (κ1) is 46.6. The molecule has 0 bridgehead atoms. The van der Waals surface area contributed by atoms with Crippen molar-refractivity contribution in [2.45, 2.75) is 175 Å². The van der Waals surface area contributed by atoms with E-state index in [-0.39, 0.29) is 23.9 Å². The Morgan fingerprint density at radius 3 is 1.65 bits per heavy atom. The Labute approximate surface area is 302 Å². The van der Waals surface area contributed by atoms with E-state index < -0.39 is 0 Å². The number of nitrogens with zero attached hydrogens (tertiary/aromatic N) is 2. The van der Waals surface area contributed by atoms with Gasteiger partial charge in [-0.1, -0.05) is 102 Å². The van der Waals surface area contributed by atoms with Crippen LogP contribution in [0.25, 0.3) is 0 Å². The standard InChI is InChI=1S/C42H76N2O5/c1-6-9-12-15-16-19-28-38-48-41(46)33-24-20-26-36-44(40(45)32-29-35-43(4)5)37-27-21-25-34-42(47)49-39(30-22-17-13-10-7-2)31-23-18-14-11-8-3/h13-14,17-19,28,39H,6-12,15-16,20-27,29-38H2,1-5H3/b17-13+,18-14+,28-19-. The van der Waals surface area contributed by atoms with Gasteiger partial charge in [0, 0.05) is 32.4 Å². The highest BCUT2D eigenvalue weighted by atomic mass is 16.5. The van der Waals surface area contributed by atoms with E-state index in [1.165, 1.54) is 25.7 Å². The third-order valence-electron chi connectivity index (χ3n) is 8.55. The highest BCUT2D eigenvalue weighted by molar-refractivity contribution is 5.76. The third-order valence-corrected chi connectivity index (χ3v) is 8.55. The maximum Gasteiger partial charge on any atom is 0.306 e. The normalized spacial score (nSPS) is 11.9. The minimum atomic E-state index is -0.148. The molecule has 0 aliphatic rings. The summed E-state index contributed by atoms with van der Waals surface area (Å²) in [6, 6.07) is 0. The first-order valence-corrected chi connectivity index (χ1v) is 20.1. The van der Waals surface area contributed by atoms with Crippen molar-refractivity contribution < 1.29 is 23.9 Å². The van der Waals surface area contributed by atoms with Crippen molar-refractivity contribution in [1.29, 1.82) is 0 Å². The smallest absolute Gasteiger partial charge is 0.306 e. The molecule has 49 heavy (non-hydrogen) atoms. The van der Waals surface area contributed by atoms with Crippen LogP contribution in [0.3, 0.4) is 0 Å². The van der Waals surface area contributed by atoms with Crippen LogP contribution in [0.4, 0.5) is 0 Å². The van der Waals surface area contributed by atoms with Crippen LogP contribution in [-0.2, 0) is 23.9 Å². The van der Waals surface area contributed by atoms with E-state index in [0.29, 0.717) is 39.0 Å². The van der Waals surface area contributed by atoms with Crippen molar-refractivity contribution in [3.05, 3.63) is 36.5 Å². The second-order valence-electron chi connectivity index (χ2n) is 13.7. The molecule has 0 aliphatic heterocycles. The van der Waals surface area contributed by atoms with Gasteiger partial charge in [0.15, 0.2) is 0 Å². The van der Waals surface area contributed by atoms with E-state index in [4.69, 9.17) is 9.47 Å². The summed E-state index contributed by atoms with van der Waals surface area (Å²) in [4.78, 5) is 42.0. The second-order valence-corrected chi connectivity index (χ2v) is 13.7. The molecule has 0 rings (SSSR count). The minimum Gasteiger partial charge on any atom is -0.462 e. The first-order chi connectivity index (χ1) is 23.8. The third kappa shape index (κ3) is 32.5. The predicted molar refractivity (Wildman–Crippen MR) is 207 cm³/mol. The van der Waals surface area contributed by atoms with Gasteiger partial charge in [0.1, 0.15) is 12.7 Å². The number of esters is 2. The predicted octanol–water partition coefficient (Wildman–Crippen LogP) is 10.5. The molecule has 7 heteroatoms. The van der Waals surface area contributed by atoms with Crippen LogP contribution in [0.2, 0.25) is 0 Å². The maximum atomic E-state index is 13.1. The van der Waals surface area contributed by atoms with Gasteiger partial charge in [0.05, 0.1) is 0 Å². The van der Waals surface area contributed by atoms with Gasteiger partial charge in [-0.05, 0) is 104 Å². The second kappa shape index (κ2) is 35.4. The van der Waals surface area contributed by atoms with Crippen molar-refractivity contribution in [2.24, 2.45) is 0 Å². The molecule has 0 aliphatic carbocycles. The molecule has 0 N–H and O–H groups in total. The van der Waals surface area contributed by atoms with E-state index in [1.54, 1.807) is 0 Å². The summed E-state index contributed by atoms with van der Waals surface area (Å²) in [5, 5.41) is 0. The summed E-state index contributed by atoms with van der Waals surface area (Å²) < 4.78 is 11.3. The molecule has 0 aromatic heterocycles. The van der Waals surface area contributed by atoms with Gasteiger partial charge >= 0.3 is 11.9 Å². The van der Waals surface area contributed by atoms with Crippen molar-refractivity contribution in [3.8, 4) is 0 Å². The van der Waals surface area contributed by atoms with Gasteiger partial charge in [0.2, 0.25) is 5.91 Å². The Balaban J connectivity index is 4.56. The highest BCUT2D eigenvalue weighted by Gasteiger charge is 2.15. The molecular weight excluding hydrogens is 612 g/mol. The lowest BCUT2D eigenvalue weighted by Crippen LogP contribution is -2.33. The molecule has 0 aromatic carbocycles. The van der Waals surface area contributed by atoms with Gasteiger partial charge in [-0.3, -0.25) is 14.4 Å². The largest absolute Gasteiger partial charge is 0.462 e. The molecule has 0 spiro atoms. The molecule has 284 valence electrons. The summed E-state index contributed by atoms with van der Waals surface area (Å²) in [5.41, 5.74) is 0. The average Bonchev–Trinajstić information content (AvgIpc) is 3.07. The molecule has 0 aromatic rings. The molecular formula is C42H76N2O5. The number of unbranched alkanes of at least 4 members (excludes halogenated alkanes) is 10. The number of rotatable bonds is 34. The molecule has 0 fully saturated rings. The number of amides is 1. The Bertz CT molecular complexity index is 862. The zero-order valence-electron chi connectivity index (χ0n) is 32.6. The summed E-state index contributed by atoms with van der Waals surface area (Å²) in [6.07, 6.45) is 34.3. The van der Waals surface area contributed by atoms with E-state index in [0.717, 1.165) is 109 Å². The molecule has 0 heterocycles. The summed E-state index contributed by atoms with van der Waals surface area (Å²) >= 11 is 0. The average molecular weight is 689 g/mol. The van der Waals surface area contributed by atoms with Crippen LogP contribution in [-0.4, -0.2) is 74.1 Å². The fourth-order valence-corrected chi connectivity index (χ4v) is 5.53. The molecule has 0 unspecified atom stereocenters. The number of carbonyl (C=O) groups is 3. The SMILES string of the molecule is CCC/C=C/CCC(CC/C=C/CCC)OC(=O)CCCCCN(CCCCCC(=O)OC/C=C\CCCCCC)C(=O)CCCN(C)C. The van der Waals surface area contributed by atoms with Crippen molar-refractivity contribution >= 4 is 17.8 Å². The van der Waals surface area contributed by atoms with Gasteiger partial charge in [-0.2, -0.15) is 0 Å². The Hall–Kier alpha value is -2.41. The van der Waals surface area contributed by atoms with Gasteiger partial charge in [-0.25, -0.2) is 0 Å². The Morgan fingerprint density at radius 1 is 0.531 bits per heavy atom. The van der Waals surface area contributed by atoms with E-state index in [2.05, 4.69) is 56.1 Å². The van der Waals surface area contributed by atoms with Gasteiger partial charge in [-0.15, -0.1) is 0 Å². The number of allylic oxidation sites excluding steroid dienone is 5. The summed E-state index contributed by atoms with van der Waals surface area (Å²) in [6.45, 7) is 9.23. The zero-order chi connectivity index (χ0) is 36.2. The minimum absolute atomic E-state index is 0.0378. The van der Waals surface area contributed by atoms with E-state index in [9.17, 15) is 14.4 Å². The molecule has 0 radical (unpaired) electrons. The maximum absolute atomic E-state index is 13.1. The molecule has 0 saturated carbocycles. The lowest BCUT2D eigenvalue weighted by Gasteiger charge is -2.23. The number of hydrogen-bond donors (Lipinski definition) is 0. The van der Waals surface area contributed by atoms with Crippen LogP contribution in [0.15, 0.2) is 36.5 Å². The fourth-order valence-electron chi connectivity index (χ4n) is 5.53. The number of ether oxygens (including phenoxy) is 2. The Kier molecular flexibility index (Phi) is 33.7. The van der Waals surface area contributed by atoms with Crippen molar-refractivity contribution in [1.82, 2.24) is 9.80 Å². The quantitative estimate of drug-likeness (QED) is 0.0380. The lowest BCUT2D eigenvalue weighted by molar-refractivity contribution is -0.150. The van der Waals surface area contributed by atoms with E-state index >= 15 is 0 Å². The highest BCUT2D eigenvalue weighted by Crippen LogP contribution is 2.15. The van der Waals surface area contributed by atoms with Crippen LogP contribution in [0.1, 0.15) is 168 Å². The molecule has 0 saturated heterocycles.